The third kappa shape index (κ3) is 6.61. The molecule has 2 saturated heterocycles. The Kier molecular flexibility index (Phi) is 11.9. The minimum Gasteiger partial charge on any atom is -0.394 e. The van der Waals surface area contributed by atoms with Crippen molar-refractivity contribution >= 4 is 0 Å². The highest BCUT2D eigenvalue weighted by Crippen LogP contribution is 2.70. The molecule has 0 bridgehead atoms. The van der Waals surface area contributed by atoms with E-state index in [9.17, 15) is 46.0 Å². The Hall–Kier alpha value is -0.560. The van der Waals surface area contributed by atoms with Crippen LogP contribution in [-0.2, 0) is 23.7 Å². The molecule has 9 N–H and O–H groups in total. The third-order valence-electron chi connectivity index (χ3n) is 15.1. The molecule has 6 aliphatic rings. The summed E-state index contributed by atoms with van der Waals surface area (Å²) in [6, 6.07) is 0. The molecule has 14 heteroatoms. The molecule has 302 valence electrons. The van der Waals surface area contributed by atoms with Crippen molar-refractivity contribution < 1.29 is 69.6 Å². The van der Waals surface area contributed by atoms with Gasteiger partial charge < -0.3 is 69.6 Å². The summed E-state index contributed by atoms with van der Waals surface area (Å²) in [5.74, 6) is -0.571. The van der Waals surface area contributed by atoms with Gasteiger partial charge in [-0.25, -0.2) is 0 Å². The summed E-state index contributed by atoms with van der Waals surface area (Å²) in [6.07, 6.45) is -7.24. The fourth-order valence-electron chi connectivity index (χ4n) is 12.1. The zero-order valence-electron chi connectivity index (χ0n) is 31.7. The summed E-state index contributed by atoms with van der Waals surface area (Å²) in [5, 5.41) is 99.5. The topological polar surface area (TPSA) is 228 Å². The molecular formula is C38H66O14. The average molecular weight is 747 g/mol. The Labute approximate surface area is 307 Å². The fraction of sp³-hybridized carbons (Fsp3) is 1.00. The quantitative estimate of drug-likeness (QED) is 0.129. The van der Waals surface area contributed by atoms with Crippen LogP contribution < -0.4 is 0 Å². The van der Waals surface area contributed by atoms with E-state index in [2.05, 4.69) is 13.8 Å². The maximum atomic E-state index is 12.8. The number of fused-ring (bicyclic) bond motifs is 5. The van der Waals surface area contributed by atoms with Crippen LogP contribution in [0.1, 0.15) is 92.4 Å². The standard InChI is InChI=1S/C38H66O14/c1-18(2)24(51-33-30(45)29(44)25(16-39)52-33)8-7-19(3)21-13-22(40)32-35(21,4)11-10-26-36(5)12-9-20(14-38(36,47)27(42)15-37(26,32)46)50-34-31(48-6)28(43)23(41)17-49-34/h18-34,39-47H,7-17H2,1-6H3/t19-,20+,21-,22+,23-,24+,25+,26?,27-,28+,29+,30-,31-,32?,33-,34+,35-,36-,37+,38+/m1/s1. The first-order chi connectivity index (χ1) is 24.4. The molecule has 20 atom stereocenters. The number of ether oxygens (including phenoxy) is 5. The van der Waals surface area contributed by atoms with Crippen LogP contribution >= 0.6 is 0 Å². The monoisotopic (exact) mass is 746 g/mol. The number of rotatable bonds is 11. The van der Waals surface area contributed by atoms with Crippen LogP contribution in [0.15, 0.2) is 0 Å². The summed E-state index contributed by atoms with van der Waals surface area (Å²) in [7, 11) is 1.40. The first kappa shape index (κ1) is 41.1. The van der Waals surface area contributed by atoms with Gasteiger partial charge in [0, 0.05) is 31.3 Å². The average Bonchev–Trinajstić information content (AvgIpc) is 3.52. The van der Waals surface area contributed by atoms with Crippen LogP contribution in [-0.4, -0.2) is 151 Å². The molecule has 0 aromatic heterocycles. The van der Waals surface area contributed by atoms with Gasteiger partial charge in [-0.15, -0.1) is 0 Å². The predicted octanol–water partition coefficient (Wildman–Crippen LogP) is 0.192. The van der Waals surface area contributed by atoms with Crippen molar-refractivity contribution in [2.24, 2.45) is 40.4 Å². The Morgan fingerprint density at radius 2 is 1.56 bits per heavy atom. The third-order valence-corrected chi connectivity index (χ3v) is 15.1. The summed E-state index contributed by atoms with van der Waals surface area (Å²) in [6.45, 7) is 9.80. The molecule has 2 aliphatic heterocycles. The molecule has 4 saturated carbocycles. The van der Waals surface area contributed by atoms with Gasteiger partial charge in [-0.05, 0) is 74.0 Å². The van der Waals surface area contributed by atoms with Gasteiger partial charge in [0.25, 0.3) is 0 Å². The van der Waals surface area contributed by atoms with Crippen LogP contribution in [0.4, 0.5) is 0 Å². The molecule has 14 nitrogen and oxygen atoms in total. The van der Waals surface area contributed by atoms with Crippen LogP contribution in [0.3, 0.4) is 0 Å². The van der Waals surface area contributed by atoms with Crippen molar-refractivity contribution in [2.75, 3.05) is 20.3 Å². The first-order valence-electron chi connectivity index (χ1n) is 19.6. The normalized spacial score (nSPS) is 53.3. The van der Waals surface area contributed by atoms with E-state index >= 15 is 0 Å². The molecule has 0 amide bonds. The van der Waals surface area contributed by atoms with Crippen LogP contribution in [0.2, 0.25) is 0 Å². The second kappa shape index (κ2) is 15.1. The van der Waals surface area contributed by atoms with Gasteiger partial charge in [-0.1, -0.05) is 34.6 Å². The number of methoxy groups -OCH3 is 1. The largest absolute Gasteiger partial charge is 0.394 e. The van der Waals surface area contributed by atoms with Gasteiger partial charge in [-0.3, -0.25) is 0 Å². The van der Waals surface area contributed by atoms with Gasteiger partial charge in [0.05, 0.1) is 48.8 Å². The number of hydrogen-bond donors (Lipinski definition) is 9. The molecule has 0 spiro atoms. The molecular weight excluding hydrogens is 680 g/mol. The van der Waals surface area contributed by atoms with E-state index < -0.39 is 102 Å². The van der Waals surface area contributed by atoms with Crippen molar-refractivity contribution in [3.8, 4) is 0 Å². The molecule has 2 unspecified atom stereocenters. The highest BCUT2D eigenvalue weighted by molar-refractivity contribution is 5.24. The molecule has 6 rings (SSSR count). The molecule has 6 fully saturated rings. The van der Waals surface area contributed by atoms with E-state index in [0.717, 1.165) is 12.8 Å². The predicted molar refractivity (Wildman–Crippen MR) is 184 cm³/mol. The highest BCUT2D eigenvalue weighted by Gasteiger charge is 2.74. The van der Waals surface area contributed by atoms with Gasteiger partial charge in [0.1, 0.15) is 36.6 Å². The van der Waals surface area contributed by atoms with E-state index in [1.807, 2.05) is 20.8 Å². The molecule has 2 heterocycles. The minimum absolute atomic E-state index is 0.0753. The Morgan fingerprint density at radius 3 is 2.19 bits per heavy atom. The van der Waals surface area contributed by atoms with Gasteiger partial charge in [0.2, 0.25) is 0 Å². The lowest BCUT2D eigenvalue weighted by atomic mass is 9.40. The molecule has 0 aromatic carbocycles. The number of hydrogen-bond acceptors (Lipinski definition) is 14. The van der Waals surface area contributed by atoms with Gasteiger partial charge in [-0.2, -0.15) is 0 Å². The zero-order valence-corrected chi connectivity index (χ0v) is 31.7. The fourth-order valence-corrected chi connectivity index (χ4v) is 12.1. The Balaban J connectivity index is 1.14. The summed E-state index contributed by atoms with van der Waals surface area (Å²) in [5.41, 5.74) is -4.29. The van der Waals surface area contributed by atoms with Gasteiger partial charge in [0.15, 0.2) is 12.6 Å². The Morgan fingerprint density at radius 1 is 0.846 bits per heavy atom. The molecule has 0 radical (unpaired) electrons. The second-order valence-corrected chi connectivity index (χ2v) is 18.2. The smallest absolute Gasteiger partial charge is 0.186 e. The van der Waals surface area contributed by atoms with Gasteiger partial charge >= 0.3 is 0 Å². The molecule has 52 heavy (non-hydrogen) atoms. The van der Waals surface area contributed by atoms with Crippen molar-refractivity contribution in [1.82, 2.24) is 0 Å². The van der Waals surface area contributed by atoms with E-state index in [1.54, 1.807) is 0 Å². The van der Waals surface area contributed by atoms with Crippen molar-refractivity contribution in [3.05, 3.63) is 0 Å². The van der Waals surface area contributed by atoms with E-state index in [4.69, 9.17) is 23.7 Å². The summed E-state index contributed by atoms with van der Waals surface area (Å²) in [4.78, 5) is 0. The van der Waals surface area contributed by atoms with Crippen molar-refractivity contribution in [3.63, 3.8) is 0 Å². The maximum Gasteiger partial charge on any atom is 0.186 e. The lowest BCUT2D eigenvalue weighted by Crippen LogP contribution is -2.75. The van der Waals surface area contributed by atoms with Crippen LogP contribution in [0.25, 0.3) is 0 Å². The zero-order chi connectivity index (χ0) is 38.1. The highest BCUT2D eigenvalue weighted by atomic mass is 16.7. The number of aliphatic hydroxyl groups excluding tert-OH is 7. The first-order valence-corrected chi connectivity index (χ1v) is 19.6. The van der Waals surface area contributed by atoms with E-state index in [0.29, 0.717) is 32.1 Å². The lowest BCUT2D eigenvalue weighted by molar-refractivity contribution is -0.333. The Bertz CT molecular complexity index is 1230. The molecule has 4 aliphatic carbocycles. The van der Waals surface area contributed by atoms with Crippen molar-refractivity contribution in [1.29, 1.82) is 0 Å². The van der Waals surface area contributed by atoms with Crippen molar-refractivity contribution in [2.45, 2.75) is 177 Å². The SMILES string of the molecule is CO[C@H]1[C@H](O[C@H]2CC[C@]3(C)C4CC[C@@]5(C)C([C@@H](O)C[C@@H]5[C@H](C)CC[C@H](O[C@@H]5O[C@@H](CO)[C@H](O)[C@H]5O)C(C)C)[C@]4(O)C[C@@H](O)[C@@]3(O)C2)OC[C@@H](O)[C@@H]1O. The van der Waals surface area contributed by atoms with Crippen LogP contribution in [0.5, 0.6) is 0 Å². The molecule has 0 aromatic rings. The van der Waals surface area contributed by atoms with Crippen LogP contribution in [0, 0.1) is 40.4 Å². The second-order valence-electron chi connectivity index (χ2n) is 18.2. The van der Waals surface area contributed by atoms with E-state index in [1.165, 1.54) is 7.11 Å². The maximum absolute atomic E-state index is 12.8. The minimum atomic E-state index is -1.58. The number of aliphatic hydroxyl groups is 9. The lowest BCUT2D eigenvalue weighted by Gasteiger charge is -2.68. The van der Waals surface area contributed by atoms with E-state index in [-0.39, 0.29) is 49.2 Å². The summed E-state index contributed by atoms with van der Waals surface area (Å²) >= 11 is 0. The summed E-state index contributed by atoms with van der Waals surface area (Å²) < 4.78 is 29.0.